The quantitative estimate of drug-likeness (QED) is 0.508. The highest BCUT2D eigenvalue weighted by Crippen LogP contribution is 2.41. The highest BCUT2D eigenvalue weighted by molar-refractivity contribution is 9.10. The minimum atomic E-state index is 0.438. The second kappa shape index (κ2) is 7.17. The van der Waals surface area contributed by atoms with Gasteiger partial charge in [-0.15, -0.1) is 11.6 Å². The summed E-state index contributed by atoms with van der Waals surface area (Å²) in [5.74, 6) is 1.45. The number of hydrogen-bond donors (Lipinski definition) is 0. The molecule has 0 aliphatic carbocycles. The summed E-state index contributed by atoms with van der Waals surface area (Å²) in [6.45, 7) is 8.79. The van der Waals surface area contributed by atoms with Gasteiger partial charge in [0, 0.05) is 10.4 Å². The lowest BCUT2D eigenvalue weighted by Gasteiger charge is -2.21. The van der Waals surface area contributed by atoms with Crippen LogP contribution in [0.4, 0.5) is 0 Å². The maximum absolute atomic E-state index is 6.55. The van der Waals surface area contributed by atoms with Crippen LogP contribution in [0, 0.1) is 0 Å². The number of halogens is 3. The Labute approximate surface area is 129 Å². The Morgan fingerprint density at radius 3 is 2.17 bits per heavy atom. The molecule has 0 aliphatic rings. The van der Waals surface area contributed by atoms with E-state index in [0.29, 0.717) is 17.7 Å². The predicted molar refractivity (Wildman–Crippen MR) is 86.1 cm³/mol. The summed E-state index contributed by atoms with van der Waals surface area (Å²) < 4.78 is 1.04. The van der Waals surface area contributed by atoms with Crippen molar-refractivity contribution < 1.29 is 0 Å². The highest BCUT2D eigenvalue weighted by atomic mass is 79.9. The van der Waals surface area contributed by atoms with Crippen molar-refractivity contribution in [3.05, 3.63) is 32.3 Å². The fourth-order valence-corrected chi connectivity index (χ4v) is 3.50. The molecule has 102 valence electrons. The zero-order chi connectivity index (χ0) is 13.9. The zero-order valence-corrected chi connectivity index (χ0v) is 14.6. The molecule has 0 saturated heterocycles. The molecule has 0 heterocycles. The van der Waals surface area contributed by atoms with Crippen molar-refractivity contribution in [2.75, 3.05) is 0 Å². The molecular weight excluding hydrogens is 331 g/mol. The fraction of sp³-hybridized carbons (Fsp3) is 0.600. The summed E-state index contributed by atoms with van der Waals surface area (Å²) in [6, 6.07) is 2.22. The number of benzene rings is 1. The molecule has 2 atom stereocenters. The number of hydrogen-bond acceptors (Lipinski definition) is 0. The first-order chi connectivity index (χ1) is 8.47. The van der Waals surface area contributed by atoms with Crippen LogP contribution >= 0.6 is 39.1 Å². The molecule has 3 heteroatoms. The van der Waals surface area contributed by atoms with E-state index < -0.39 is 0 Å². The third-order valence-electron chi connectivity index (χ3n) is 3.75. The van der Waals surface area contributed by atoms with Gasteiger partial charge in [-0.25, -0.2) is 0 Å². The van der Waals surface area contributed by atoms with Crippen molar-refractivity contribution in [3.63, 3.8) is 0 Å². The van der Waals surface area contributed by atoms with E-state index in [4.69, 9.17) is 23.2 Å². The van der Waals surface area contributed by atoms with Gasteiger partial charge >= 0.3 is 0 Å². The SMILES string of the molecule is CCC(C)c1cc(CCl)c(C(C)CC)c(Cl)c1Br. The maximum Gasteiger partial charge on any atom is 0.0588 e. The van der Waals surface area contributed by atoms with Crippen LogP contribution in [0.15, 0.2) is 10.5 Å². The van der Waals surface area contributed by atoms with Crippen LogP contribution in [0.25, 0.3) is 0 Å². The van der Waals surface area contributed by atoms with Crippen LogP contribution in [-0.2, 0) is 5.88 Å². The van der Waals surface area contributed by atoms with Crippen molar-refractivity contribution in [3.8, 4) is 0 Å². The Balaban J connectivity index is 3.44. The van der Waals surface area contributed by atoms with Crippen molar-refractivity contribution in [1.29, 1.82) is 0 Å². The molecule has 2 unspecified atom stereocenters. The molecule has 0 spiro atoms. The standard InChI is InChI=1S/C15H21BrCl2/c1-5-9(3)12-7-11(8-17)13(10(4)6-2)15(18)14(12)16/h7,9-10H,5-6,8H2,1-4H3. The van der Waals surface area contributed by atoms with Gasteiger partial charge < -0.3 is 0 Å². The summed E-state index contributed by atoms with van der Waals surface area (Å²) in [5, 5.41) is 0.845. The normalized spacial score (nSPS) is 14.6. The molecule has 0 amide bonds. The van der Waals surface area contributed by atoms with E-state index in [-0.39, 0.29) is 0 Å². The summed E-state index contributed by atoms with van der Waals surface area (Å²) >= 11 is 16.3. The molecule has 1 aromatic carbocycles. The Bertz CT molecular complexity index is 415. The van der Waals surface area contributed by atoms with E-state index in [1.165, 1.54) is 16.7 Å². The molecule has 0 aromatic heterocycles. The van der Waals surface area contributed by atoms with Gasteiger partial charge in [-0.1, -0.05) is 45.4 Å². The summed E-state index contributed by atoms with van der Waals surface area (Å²) in [6.07, 6.45) is 2.16. The molecule has 1 aromatic rings. The zero-order valence-electron chi connectivity index (χ0n) is 11.5. The lowest BCUT2D eigenvalue weighted by atomic mass is 9.89. The Hall–Kier alpha value is 0.280. The van der Waals surface area contributed by atoms with Gasteiger partial charge in [-0.05, 0) is 57.3 Å². The third-order valence-corrected chi connectivity index (χ3v) is 5.51. The first-order valence-corrected chi connectivity index (χ1v) is 8.24. The molecule has 0 N–H and O–H groups in total. The second-order valence-corrected chi connectivity index (χ2v) is 6.36. The van der Waals surface area contributed by atoms with E-state index >= 15 is 0 Å². The van der Waals surface area contributed by atoms with Crippen LogP contribution in [0.2, 0.25) is 5.02 Å². The van der Waals surface area contributed by atoms with Crippen molar-refractivity contribution in [1.82, 2.24) is 0 Å². The predicted octanol–water partition coefficient (Wildman–Crippen LogP) is 6.87. The number of rotatable bonds is 5. The average molecular weight is 352 g/mol. The largest absolute Gasteiger partial charge is 0.122 e. The smallest absolute Gasteiger partial charge is 0.0588 e. The molecule has 1 rings (SSSR count). The topological polar surface area (TPSA) is 0 Å². The summed E-state index contributed by atoms with van der Waals surface area (Å²) in [4.78, 5) is 0. The van der Waals surface area contributed by atoms with Crippen molar-refractivity contribution >= 4 is 39.1 Å². The van der Waals surface area contributed by atoms with Crippen LogP contribution in [0.3, 0.4) is 0 Å². The Kier molecular flexibility index (Phi) is 6.50. The summed E-state index contributed by atoms with van der Waals surface area (Å²) in [5.41, 5.74) is 3.65. The molecule has 0 radical (unpaired) electrons. The van der Waals surface area contributed by atoms with E-state index in [9.17, 15) is 0 Å². The molecular formula is C15H21BrCl2. The maximum atomic E-state index is 6.55. The molecule has 0 aliphatic heterocycles. The van der Waals surface area contributed by atoms with E-state index in [1.54, 1.807) is 0 Å². The van der Waals surface area contributed by atoms with Gasteiger partial charge in [0.05, 0.1) is 5.02 Å². The van der Waals surface area contributed by atoms with Crippen LogP contribution in [0.5, 0.6) is 0 Å². The van der Waals surface area contributed by atoms with E-state index in [1.807, 2.05) is 0 Å². The first kappa shape index (κ1) is 16.3. The molecule has 0 fully saturated rings. The van der Waals surface area contributed by atoms with Crippen LogP contribution in [-0.4, -0.2) is 0 Å². The van der Waals surface area contributed by atoms with Crippen LogP contribution in [0.1, 0.15) is 69.1 Å². The molecule has 18 heavy (non-hydrogen) atoms. The van der Waals surface area contributed by atoms with E-state index in [2.05, 4.69) is 49.7 Å². The summed E-state index contributed by atoms with van der Waals surface area (Å²) in [7, 11) is 0. The number of alkyl halides is 1. The fourth-order valence-electron chi connectivity index (χ4n) is 2.14. The van der Waals surface area contributed by atoms with Gasteiger partial charge in [-0.3, -0.25) is 0 Å². The van der Waals surface area contributed by atoms with Gasteiger partial charge in [0.25, 0.3) is 0 Å². The minimum absolute atomic E-state index is 0.438. The monoisotopic (exact) mass is 350 g/mol. The average Bonchev–Trinajstić information content (AvgIpc) is 2.39. The van der Waals surface area contributed by atoms with Gasteiger partial charge in [-0.2, -0.15) is 0 Å². The van der Waals surface area contributed by atoms with E-state index in [0.717, 1.165) is 22.3 Å². The van der Waals surface area contributed by atoms with Crippen molar-refractivity contribution in [2.45, 2.75) is 58.3 Å². The molecule has 0 saturated carbocycles. The van der Waals surface area contributed by atoms with Gasteiger partial charge in [0.2, 0.25) is 0 Å². The van der Waals surface area contributed by atoms with Gasteiger partial charge in [0.1, 0.15) is 0 Å². The lowest BCUT2D eigenvalue weighted by molar-refractivity contribution is 0.711. The molecule has 0 bridgehead atoms. The minimum Gasteiger partial charge on any atom is -0.122 e. The second-order valence-electron chi connectivity index (χ2n) is 4.92. The molecule has 0 nitrogen and oxygen atoms in total. The Morgan fingerprint density at radius 2 is 1.72 bits per heavy atom. The first-order valence-electron chi connectivity index (χ1n) is 6.54. The van der Waals surface area contributed by atoms with Gasteiger partial charge in [0.15, 0.2) is 0 Å². The Morgan fingerprint density at radius 1 is 1.17 bits per heavy atom. The van der Waals surface area contributed by atoms with Crippen LogP contribution < -0.4 is 0 Å². The van der Waals surface area contributed by atoms with Crippen molar-refractivity contribution in [2.24, 2.45) is 0 Å². The highest BCUT2D eigenvalue weighted by Gasteiger charge is 2.20. The third kappa shape index (κ3) is 3.23. The lowest BCUT2D eigenvalue weighted by Crippen LogP contribution is -2.03.